The Kier molecular flexibility index (Phi) is 2.87. The number of alkyl halides is 4. The first kappa shape index (κ1) is 12.0. The Hall–Kier alpha value is -1.49. The number of aromatic amines is 1. The van der Waals surface area contributed by atoms with E-state index in [1.54, 1.807) is 0 Å². The molecule has 0 fully saturated rings. The van der Waals surface area contributed by atoms with Crippen LogP contribution in [0.2, 0.25) is 0 Å². The van der Waals surface area contributed by atoms with Gasteiger partial charge in [0.05, 0.1) is 17.0 Å². The zero-order valence-corrected chi connectivity index (χ0v) is 9.19. The van der Waals surface area contributed by atoms with Crippen LogP contribution in [0.5, 0.6) is 0 Å². The third kappa shape index (κ3) is 2.29. The molecule has 0 bridgehead atoms. The van der Waals surface area contributed by atoms with Crippen LogP contribution in [0.25, 0.3) is 10.9 Å². The van der Waals surface area contributed by atoms with E-state index < -0.39 is 11.7 Å². The van der Waals surface area contributed by atoms with Gasteiger partial charge in [0.2, 0.25) is 0 Å². The molecule has 0 radical (unpaired) electrons. The molecule has 2 rings (SSSR count). The minimum absolute atomic E-state index is 0.0431. The highest BCUT2D eigenvalue weighted by molar-refractivity contribution is 6.16. The Morgan fingerprint density at radius 1 is 1.24 bits per heavy atom. The van der Waals surface area contributed by atoms with Crippen molar-refractivity contribution in [1.82, 2.24) is 4.98 Å². The summed E-state index contributed by atoms with van der Waals surface area (Å²) in [7, 11) is 0. The number of hydrogen-bond donors (Lipinski definition) is 1. The van der Waals surface area contributed by atoms with Gasteiger partial charge in [-0.1, -0.05) is 0 Å². The van der Waals surface area contributed by atoms with Gasteiger partial charge >= 0.3 is 6.18 Å². The number of aromatic nitrogens is 1. The maximum atomic E-state index is 12.5. The lowest BCUT2D eigenvalue weighted by Crippen LogP contribution is -2.08. The summed E-state index contributed by atoms with van der Waals surface area (Å²) >= 11 is 5.54. The molecule has 0 atom stereocenters. The van der Waals surface area contributed by atoms with Gasteiger partial charge in [0, 0.05) is 17.1 Å². The molecule has 17 heavy (non-hydrogen) atoms. The van der Waals surface area contributed by atoms with Crippen molar-refractivity contribution in [2.24, 2.45) is 0 Å². The third-order valence-electron chi connectivity index (χ3n) is 2.36. The van der Waals surface area contributed by atoms with Crippen LogP contribution in [0, 0.1) is 0 Å². The first-order valence-corrected chi connectivity index (χ1v) is 5.24. The number of rotatable bonds is 1. The molecule has 0 aliphatic heterocycles. The van der Waals surface area contributed by atoms with E-state index in [4.69, 9.17) is 11.6 Å². The molecule has 90 valence electrons. The topological polar surface area (TPSA) is 32.9 Å². The molecule has 2 nitrogen and oxygen atoms in total. The fourth-order valence-electron chi connectivity index (χ4n) is 1.56. The predicted molar refractivity (Wildman–Crippen MR) is 59.1 cm³/mol. The van der Waals surface area contributed by atoms with E-state index in [1.165, 1.54) is 6.07 Å². The van der Waals surface area contributed by atoms with Crippen molar-refractivity contribution in [2.75, 3.05) is 0 Å². The van der Waals surface area contributed by atoms with Crippen molar-refractivity contribution in [2.45, 2.75) is 12.1 Å². The Bertz CT molecular complexity index is 618. The molecule has 0 spiro atoms. The summed E-state index contributed by atoms with van der Waals surface area (Å²) in [6.07, 6.45) is -4.43. The summed E-state index contributed by atoms with van der Waals surface area (Å²) in [5, 5.41) is 0.215. The van der Waals surface area contributed by atoms with Crippen LogP contribution in [-0.2, 0) is 12.1 Å². The summed E-state index contributed by atoms with van der Waals surface area (Å²) in [6, 6.07) is 4.24. The quantitative estimate of drug-likeness (QED) is 0.785. The second-order valence-electron chi connectivity index (χ2n) is 3.55. The summed E-state index contributed by atoms with van der Waals surface area (Å²) in [5.74, 6) is 0.0431. The van der Waals surface area contributed by atoms with Crippen LogP contribution in [0.4, 0.5) is 13.2 Å². The van der Waals surface area contributed by atoms with Gasteiger partial charge in [-0.2, -0.15) is 13.2 Å². The van der Waals surface area contributed by atoms with Gasteiger partial charge in [0.1, 0.15) is 0 Å². The van der Waals surface area contributed by atoms with Crippen molar-refractivity contribution in [1.29, 1.82) is 0 Å². The highest BCUT2D eigenvalue weighted by Gasteiger charge is 2.30. The van der Waals surface area contributed by atoms with Gasteiger partial charge in [-0.3, -0.25) is 4.79 Å². The molecule has 1 aromatic carbocycles. The largest absolute Gasteiger partial charge is 0.416 e. The van der Waals surface area contributed by atoms with Crippen molar-refractivity contribution < 1.29 is 13.2 Å². The third-order valence-corrected chi connectivity index (χ3v) is 2.64. The molecule has 0 saturated heterocycles. The van der Waals surface area contributed by atoms with Gasteiger partial charge in [-0.25, -0.2) is 0 Å². The summed E-state index contributed by atoms with van der Waals surface area (Å²) in [4.78, 5) is 14.3. The molecule has 6 heteroatoms. The lowest BCUT2D eigenvalue weighted by molar-refractivity contribution is -0.137. The number of H-pyrrole nitrogens is 1. The highest BCUT2D eigenvalue weighted by Crippen LogP contribution is 2.30. The molecule has 1 aromatic heterocycles. The average Bonchev–Trinajstić information content (AvgIpc) is 2.27. The van der Waals surface area contributed by atoms with E-state index in [0.717, 1.165) is 18.2 Å². The van der Waals surface area contributed by atoms with E-state index in [2.05, 4.69) is 4.98 Å². The Morgan fingerprint density at radius 2 is 1.94 bits per heavy atom. The monoisotopic (exact) mass is 261 g/mol. The van der Waals surface area contributed by atoms with Crippen LogP contribution in [0.3, 0.4) is 0 Å². The Labute approximate surface area is 99.0 Å². The first-order chi connectivity index (χ1) is 7.91. The molecule has 1 heterocycles. The van der Waals surface area contributed by atoms with Gasteiger partial charge in [0.15, 0.2) is 5.43 Å². The number of halogens is 4. The van der Waals surface area contributed by atoms with Gasteiger partial charge in [0.25, 0.3) is 0 Å². The van der Waals surface area contributed by atoms with Crippen LogP contribution in [0.15, 0.2) is 29.1 Å². The smallest absolute Gasteiger partial charge is 0.357 e. The Morgan fingerprint density at radius 3 is 2.53 bits per heavy atom. The second-order valence-corrected chi connectivity index (χ2v) is 3.82. The molecule has 0 amide bonds. The van der Waals surface area contributed by atoms with E-state index in [9.17, 15) is 18.0 Å². The predicted octanol–water partition coefficient (Wildman–Crippen LogP) is 3.29. The van der Waals surface area contributed by atoms with E-state index in [1.807, 2.05) is 0 Å². The number of fused-ring (bicyclic) bond motifs is 1. The SMILES string of the molecule is O=c1cc(CCl)[nH]c2cc(C(F)(F)F)ccc12. The van der Waals surface area contributed by atoms with E-state index >= 15 is 0 Å². The van der Waals surface area contributed by atoms with Gasteiger partial charge in [-0.05, 0) is 18.2 Å². The normalized spacial score (nSPS) is 12.0. The first-order valence-electron chi connectivity index (χ1n) is 4.71. The van der Waals surface area contributed by atoms with Crippen LogP contribution in [0.1, 0.15) is 11.3 Å². The van der Waals surface area contributed by atoms with E-state index in [-0.39, 0.29) is 22.2 Å². The molecule has 0 unspecified atom stereocenters. The molecule has 0 aliphatic carbocycles. The van der Waals surface area contributed by atoms with E-state index in [0.29, 0.717) is 5.69 Å². The number of nitrogens with one attached hydrogen (secondary N) is 1. The maximum absolute atomic E-state index is 12.5. The number of hydrogen-bond acceptors (Lipinski definition) is 1. The summed E-state index contributed by atoms with van der Waals surface area (Å²) in [6.45, 7) is 0. The van der Waals surface area contributed by atoms with Gasteiger partial charge in [-0.15, -0.1) is 11.6 Å². The second kappa shape index (κ2) is 4.07. The highest BCUT2D eigenvalue weighted by atomic mass is 35.5. The molecule has 0 aliphatic rings. The lowest BCUT2D eigenvalue weighted by atomic mass is 10.1. The molecule has 0 saturated carbocycles. The van der Waals surface area contributed by atoms with Crippen LogP contribution in [-0.4, -0.2) is 4.98 Å². The van der Waals surface area contributed by atoms with Crippen LogP contribution >= 0.6 is 11.6 Å². The summed E-state index contributed by atoms with van der Waals surface area (Å²) < 4.78 is 37.4. The van der Waals surface area contributed by atoms with Crippen LogP contribution < -0.4 is 5.43 Å². The summed E-state index contributed by atoms with van der Waals surface area (Å²) in [5.41, 5.74) is -0.609. The minimum Gasteiger partial charge on any atom is -0.357 e. The standard InChI is InChI=1S/C11H7ClF3NO/c12-5-7-4-10(17)8-2-1-6(11(13,14)15)3-9(8)16-7/h1-4H,5H2,(H,16,17). The average molecular weight is 262 g/mol. The zero-order valence-electron chi connectivity index (χ0n) is 8.44. The lowest BCUT2D eigenvalue weighted by Gasteiger charge is -2.08. The number of pyridine rings is 1. The number of benzene rings is 1. The minimum atomic E-state index is -4.43. The van der Waals surface area contributed by atoms with Crippen molar-refractivity contribution in [3.05, 3.63) is 45.7 Å². The van der Waals surface area contributed by atoms with Crippen molar-refractivity contribution >= 4 is 22.5 Å². The fourth-order valence-corrected chi connectivity index (χ4v) is 1.70. The zero-order chi connectivity index (χ0) is 12.6. The molecular weight excluding hydrogens is 255 g/mol. The van der Waals surface area contributed by atoms with Gasteiger partial charge < -0.3 is 4.98 Å². The Balaban J connectivity index is 2.72. The van der Waals surface area contributed by atoms with Crippen molar-refractivity contribution in [3.63, 3.8) is 0 Å². The molecule has 2 aromatic rings. The fraction of sp³-hybridized carbons (Fsp3) is 0.182. The molecular formula is C11H7ClF3NO. The molecule has 1 N–H and O–H groups in total. The van der Waals surface area contributed by atoms with Crippen molar-refractivity contribution in [3.8, 4) is 0 Å². The maximum Gasteiger partial charge on any atom is 0.416 e.